The van der Waals surface area contributed by atoms with Crippen LogP contribution in [0.4, 0.5) is 0 Å². The molecule has 0 amide bonds. The van der Waals surface area contributed by atoms with Crippen LogP contribution in [0.15, 0.2) is 35.0 Å². The van der Waals surface area contributed by atoms with Crippen LogP contribution in [0.25, 0.3) is 0 Å². The Morgan fingerprint density at radius 3 is 2.94 bits per heavy atom. The minimum Gasteiger partial charge on any atom is -0.366 e. The molecule has 0 saturated carbocycles. The molecule has 0 saturated heterocycles. The molecule has 6 heteroatoms. The molecule has 5 nitrogen and oxygen atoms in total. The fourth-order valence-electron chi connectivity index (χ4n) is 1.58. The molecule has 88 valence electrons. The van der Waals surface area contributed by atoms with E-state index in [0.29, 0.717) is 6.54 Å². The lowest BCUT2D eigenvalue weighted by Crippen LogP contribution is -2.29. The van der Waals surface area contributed by atoms with Gasteiger partial charge in [-0.15, -0.1) is 0 Å². The third-order valence-corrected chi connectivity index (χ3v) is 3.93. The van der Waals surface area contributed by atoms with E-state index in [2.05, 4.69) is 15.0 Å². The van der Waals surface area contributed by atoms with Crippen molar-refractivity contribution in [3.05, 3.63) is 30.1 Å². The van der Waals surface area contributed by atoms with Crippen molar-refractivity contribution < 1.29 is 8.42 Å². The van der Waals surface area contributed by atoms with Gasteiger partial charge in [0.25, 0.3) is 0 Å². The lowest BCUT2D eigenvalue weighted by molar-refractivity contribution is 0.582. The summed E-state index contributed by atoms with van der Waals surface area (Å²) in [4.78, 5) is 3.01. The summed E-state index contributed by atoms with van der Waals surface area (Å²) >= 11 is 0. The zero-order valence-electron chi connectivity index (χ0n) is 8.86. The largest absolute Gasteiger partial charge is 0.366 e. The Labute approximate surface area is 95.0 Å². The van der Waals surface area contributed by atoms with Crippen molar-refractivity contribution in [2.24, 2.45) is 0 Å². The maximum absolute atomic E-state index is 11.8. The molecule has 0 aromatic carbocycles. The molecule has 0 atom stereocenters. The van der Waals surface area contributed by atoms with E-state index in [0.717, 1.165) is 25.1 Å². The second kappa shape index (κ2) is 4.82. The normalized spacial score (nSPS) is 17.1. The van der Waals surface area contributed by atoms with Crippen LogP contribution in [-0.4, -0.2) is 33.0 Å². The van der Waals surface area contributed by atoms with E-state index < -0.39 is 10.0 Å². The summed E-state index contributed by atoms with van der Waals surface area (Å²) in [5.74, 6) is 0. The van der Waals surface area contributed by atoms with Gasteiger partial charge < -0.3 is 10.3 Å². The first-order chi connectivity index (χ1) is 7.68. The summed E-state index contributed by atoms with van der Waals surface area (Å²) in [6.45, 7) is 2.13. The van der Waals surface area contributed by atoms with E-state index in [1.807, 2.05) is 6.08 Å². The number of aromatic amines is 1. The monoisotopic (exact) mass is 241 g/mol. The number of hydrogen-bond donors (Lipinski definition) is 3. The zero-order chi connectivity index (χ0) is 11.4. The van der Waals surface area contributed by atoms with Gasteiger partial charge in [-0.1, -0.05) is 11.6 Å². The van der Waals surface area contributed by atoms with Crippen LogP contribution < -0.4 is 10.0 Å². The molecular formula is C10H15N3O2S. The van der Waals surface area contributed by atoms with Crippen molar-refractivity contribution in [2.75, 3.05) is 19.6 Å². The van der Waals surface area contributed by atoms with E-state index >= 15 is 0 Å². The van der Waals surface area contributed by atoms with Crippen LogP contribution in [-0.2, 0) is 10.0 Å². The van der Waals surface area contributed by atoms with Crippen LogP contribution in [0.1, 0.15) is 6.42 Å². The molecule has 1 aromatic heterocycles. The van der Waals surface area contributed by atoms with Gasteiger partial charge in [-0.3, -0.25) is 0 Å². The van der Waals surface area contributed by atoms with Crippen LogP contribution in [0.3, 0.4) is 0 Å². The lowest BCUT2D eigenvalue weighted by Gasteiger charge is -2.14. The number of hydrogen-bond acceptors (Lipinski definition) is 3. The fraction of sp³-hybridized carbons (Fsp3) is 0.400. The van der Waals surface area contributed by atoms with Gasteiger partial charge in [-0.05, 0) is 19.0 Å². The molecule has 0 aliphatic carbocycles. The molecule has 0 bridgehead atoms. The number of rotatable bonds is 4. The van der Waals surface area contributed by atoms with Gasteiger partial charge in [-0.2, -0.15) is 0 Å². The van der Waals surface area contributed by atoms with Gasteiger partial charge in [0.15, 0.2) is 0 Å². The molecule has 2 heterocycles. The van der Waals surface area contributed by atoms with E-state index in [1.165, 1.54) is 6.20 Å². The molecule has 0 fully saturated rings. The van der Waals surface area contributed by atoms with Gasteiger partial charge in [0, 0.05) is 25.5 Å². The molecule has 1 aliphatic heterocycles. The highest BCUT2D eigenvalue weighted by atomic mass is 32.2. The molecule has 0 spiro atoms. The van der Waals surface area contributed by atoms with Gasteiger partial charge in [0.1, 0.15) is 0 Å². The van der Waals surface area contributed by atoms with E-state index in [4.69, 9.17) is 0 Å². The second-order valence-electron chi connectivity index (χ2n) is 3.69. The number of sulfonamides is 1. The summed E-state index contributed by atoms with van der Waals surface area (Å²) in [7, 11) is -3.36. The van der Waals surface area contributed by atoms with Crippen molar-refractivity contribution in [1.82, 2.24) is 15.0 Å². The van der Waals surface area contributed by atoms with Gasteiger partial charge >= 0.3 is 0 Å². The Morgan fingerprint density at radius 1 is 1.44 bits per heavy atom. The van der Waals surface area contributed by atoms with Gasteiger partial charge in [0.05, 0.1) is 4.90 Å². The predicted molar refractivity (Wildman–Crippen MR) is 61.6 cm³/mol. The third-order valence-electron chi connectivity index (χ3n) is 2.53. The van der Waals surface area contributed by atoms with Crippen molar-refractivity contribution in [1.29, 1.82) is 0 Å². The SMILES string of the molecule is O=S(=O)(NCC1=CCNCC1)c1cc[nH]c1. The maximum Gasteiger partial charge on any atom is 0.242 e. The van der Waals surface area contributed by atoms with Crippen molar-refractivity contribution in [2.45, 2.75) is 11.3 Å². The molecule has 1 aliphatic rings. The molecule has 0 unspecified atom stereocenters. The first-order valence-corrected chi connectivity index (χ1v) is 6.68. The summed E-state index contributed by atoms with van der Waals surface area (Å²) in [5, 5.41) is 3.18. The first kappa shape index (κ1) is 11.4. The molecule has 2 rings (SSSR count). The van der Waals surface area contributed by atoms with Crippen LogP contribution in [0, 0.1) is 0 Å². The molecule has 16 heavy (non-hydrogen) atoms. The highest BCUT2D eigenvalue weighted by Gasteiger charge is 2.14. The van der Waals surface area contributed by atoms with Crippen molar-refractivity contribution in [3.8, 4) is 0 Å². The Morgan fingerprint density at radius 2 is 2.31 bits per heavy atom. The van der Waals surface area contributed by atoms with Crippen molar-refractivity contribution >= 4 is 10.0 Å². The quantitative estimate of drug-likeness (QED) is 0.660. The van der Waals surface area contributed by atoms with Gasteiger partial charge in [-0.25, -0.2) is 13.1 Å². The third kappa shape index (κ3) is 2.72. The summed E-state index contributed by atoms with van der Waals surface area (Å²) in [6.07, 6.45) is 6.00. The zero-order valence-corrected chi connectivity index (χ0v) is 9.68. The summed E-state index contributed by atoms with van der Waals surface area (Å²) in [6, 6.07) is 1.54. The molecule has 3 N–H and O–H groups in total. The minimum atomic E-state index is -3.36. The standard InChI is InChI=1S/C10H15N3O2S/c14-16(15,10-3-6-12-8-10)13-7-9-1-4-11-5-2-9/h1,3,6,8,11-13H,2,4-5,7H2. The van der Waals surface area contributed by atoms with E-state index in [1.54, 1.807) is 12.3 Å². The maximum atomic E-state index is 11.8. The van der Waals surface area contributed by atoms with Crippen LogP contribution in [0.5, 0.6) is 0 Å². The lowest BCUT2D eigenvalue weighted by atomic mass is 10.1. The second-order valence-corrected chi connectivity index (χ2v) is 5.45. The van der Waals surface area contributed by atoms with Crippen LogP contribution in [0.2, 0.25) is 0 Å². The first-order valence-electron chi connectivity index (χ1n) is 5.19. The average Bonchev–Trinajstić information content (AvgIpc) is 2.82. The average molecular weight is 241 g/mol. The number of aromatic nitrogens is 1. The molecule has 1 aromatic rings. The predicted octanol–water partition coefficient (Wildman–Crippen LogP) is 0.213. The minimum absolute atomic E-state index is 0.280. The van der Waals surface area contributed by atoms with E-state index in [9.17, 15) is 8.42 Å². The smallest absolute Gasteiger partial charge is 0.242 e. The number of nitrogens with one attached hydrogen (secondary N) is 3. The molecule has 0 radical (unpaired) electrons. The highest BCUT2D eigenvalue weighted by molar-refractivity contribution is 7.89. The van der Waals surface area contributed by atoms with Crippen LogP contribution >= 0.6 is 0 Å². The molecular weight excluding hydrogens is 226 g/mol. The number of H-pyrrole nitrogens is 1. The fourth-order valence-corrected chi connectivity index (χ4v) is 2.59. The summed E-state index contributed by atoms with van der Waals surface area (Å²) < 4.78 is 26.1. The highest BCUT2D eigenvalue weighted by Crippen LogP contribution is 2.08. The topological polar surface area (TPSA) is 74.0 Å². The Bertz CT molecular complexity index is 462. The van der Waals surface area contributed by atoms with E-state index in [-0.39, 0.29) is 4.90 Å². The summed E-state index contributed by atoms with van der Waals surface area (Å²) in [5.41, 5.74) is 1.14. The Balaban J connectivity index is 1.97. The van der Waals surface area contributed by atoms with Gasteiger partial charge in [0.2, 0.25) is 10.0 Å². The van der Waals surface area contributed by atoms with Crippen molar-refractivity contribution in [3.63, 3.8) is 0 Å². The Kier molecular flexibility index (Phi) is 3.42. The Hall–Kier alpha value is -1.11.